The number of aromatic amines is 1. The molecule has 0 bridgehead atoms. The van der Waals surface area contributed by atoms with Crippen LogP contribution in [-0.2, 0) is 4.79 Å². The molecule has 2 heterocycles. The summed E-state index contributed by atoms with van der Waals surface area (Å²) in [6.45, 7) is 3.65. The first-order valence-corrected chi connectivity index (χ1v) is 9.48. The number of aromatic nitrogens is 2. The fraction of sp³-hybridized carbons (Fsp3) is 0.316. The van der Waals surface area contributed by atoms with Gasteiger partial charge in [0.1, 0.15) is 5.82 Å². The minimum atomic E-state index is -0.493. The Morgan fingerprint density at radius 1 is 1.21 bits per heavy atom. The Kier molecular flexibility index (Phi) is 5.93. The Labute approximate surface area is 166 Å². The lowest BCUT2D eigenvalue weighted by Gasteiger charge is -2.25. The third kappa shape index (κ3) is 3.70. The summed E-state index contributed by atoms with van der Waals surface area (Å²) in [5.41, 5.74) is 0.802. The number of nitrogens with zero attached hydrogens (tertiary/aromatic N) is 1. The maximum absolute atomic E-state index is 12.8. The molecule has 2 N–H and O–H groups in total. The van der Waals surface area contributed by atoms with Crippen LogP contribution in [0.15, 0.2) is 34.7 Å². The molecule has 9 heteroatoms. The molecule has 1 aromatic heterocycles. The third-order valence-electron chi connectivity index (χ3n) is 4.36. The van der Waals surface area contributed by atoms with Crippen molar-refractivity contribution in [3.8, 4) is 17.2 Å². The fourth-order valence-corrected chi connectivity index (χ4v) is 3.74. The summed E-state index contributed by atoms with van der Waals surface area (Å²) < 4.78 is 16.1. The Hall–Kier alpha value is -2.94. The lowest BCUT2D eigenvalue weighted by molar-refractivity contribution is -0.116. The van der Waals surface area contributed by atoms with Gasteiger partial charge < -0.3 is 24.5 Å². The second-order valence-corrected chi connectivity index (χ2v) is 7.01. The van der Waals surface area contributed by atoms with Gasteiger partial charge in [0, 0.05) is 18.1 Å². The summed E-state index contributed by atoms with van der Waals surface area (Å²) in [6, 6.07) is 3.49. The van der Waals surface area contributed by atoms with Crippen molar-refractivity contribution < 1.29 is 19.0 Å². The largest absolute Gasteiger partial charge is 0.493 e. The van der Waals surface area contributed by atoms with Crippen molar-refractivity contribution >= 4 is 23.5 Å². The van der Waals surface area contributed by atoms with Crippen molar-refractivity contribution in [2.75, 3.05) is 32.4 Å². The number of methoxy groups -OCH3 is 3. The van der Waals surface area contributed by atoms with Crippen molar-refractivity contribution in [2.45, 2.75) is 17.5 Å². The van der Waals surface area contributed by atoms with E-state index in [0.29, 0.717) is 39.3 Å². The average molecular weight is 403 g/mol. The molecule has 8 nitrogen and oxygen atoms in total. The molecule has 1 aliphatic heterocycles. The topological polar surface area (TPSA) is 103 Å². The number of fused-ring (bicyclic) bond motifs is 1. The van der Waals surface area contributed by atoms with Crippen LogP contribution < -0.4 is 25.1 Å². The van der Waals surface area contributed by atoms with Crippen molar-refractivity contribution in [3.63, 3.8) is 0 Å². The van der Waals surface area contributed by atoms with E-state index in [2.05, 4.69) is 21.9 Å². The van der Waals surface area contributed by atoms with Gasteiger partial charge in [-0.1, -0.05) is 17.8 Å². The number of amides is 1. The molecule has 1 atom stereocenters. The van der Waals surface area contributed by atoms with Gasteiger partial charge >= 0.3 is 0 Å². The van der Waals surface area contributed by atoms with Gasteiger partial charge in [-0.25, -0.2) is 4.98 Å². The van der Waals surface area contributed by atoms with E-state index < -0.39 is 5.92 Å². The van der Waals surface area contributed by atoms with Crippen LogP contribution in [0.3, 0.4) is 0 Å². The summed E-state index contributed by atoms with van der Waals surface area (Å²) in [7, 11) is 4.54. The maximum Gasteiger partial charge on any atom is 0.257 e. The van der Waals surface area contributed by atoms with E-state index in [1.807, 2.05) is 0 Å². The van der Waals surface area contributed by atoms with Crippen LogP contribution in [0, 0.1) is 0 Å². The molecule has 1 aromatic carbocycles. The highest BCUT2D eigenvalue weighted by molar-refractivity contribution is 7.99. The number of rotatable bonds is 7. The number of anilines is 1. The maximum atomic E-state index is 12.8. The van der Waals surface area contributed by atoms with Crippen molar-refractivity contribution in [1.82, 2.24) is 9.97 Å². The summed E-state index contributed by atoms with van der Waals surface area (Å²) in [4.78, 5) is 32.3. The average Bonchev–Trinajstić information content (AvgIpc) is 2.69. The van der Waals surface area contributed by atoms with Gasteiger partial charge in [-0.05, 0) is 17.7 Å². The zero-order valence-corrected chi connectivity index (χ0v) is 16.6. The molecule has 148 valence electrons. The van der Waals surface area contributed by atoms with Gasteiger partial charge in [0.25, 0.3) is 5.56 Å². The minimum Gasteiger partial charge on any atom is -0.493 e. The molecule has 3 rings (SSSR count). The van der Waals surface area contributed by atoms with Crippen LogP contribution in [0.5, 0.6) is 17.2 Å². The Bertz CT molecular complexity index is 948. The molecule has 0 aliphatic carbocycles. The molecule has 28 heavy (non-hydrogen) atoms. The molecule has 1 unspecified atom stereocenters. The van der Waals surface area contributed by atoms with Gasteiger partial charge in [0.2, 0.25) is 11.7 Å². The van der Waals surface area contributed by atoms with Gasteiger partial charge in [-0.3, -0.25) is 9.59 Å². The smallest absolute Gasteiger partial charge is 0.257 e. The van der Waals surface area contributed by atoms with Crippen LogP contribution in [0.2, 0.25) is 0 Å². The minimum absolute atomic E-state index is 0.107. The Balaban J connectivity index is 2.14. The standard InChI is InChI=1S/C19H21N3O5S/c1-5-6-28-19-21-17-15(18(24)22-19)11(9-14(23)20-17)10-7-12(25-2)16(27-4)13(8-10)26-3/h5,7-8,11H,1,6,9H2,2-4H3,(H2,20,21,22,23,24). The number of carbonyl (C=O) groups excluding carboxylic acids is 1. The predicted octanol–water partition coefficient (Wildman–Crippen LogP) is 2.55. The van der Waals surface area contributed by atoms with E-state index in [9.17, 15) is 9.59 Å². The second-order valence-electron chi connectivity index (χ2n) is 6.00. The van der Waals surface area contributed by atoms with Crippen molar-refractivity contribution in [2.24, 2.45) is 0 Å². The highest BCUT2D eigenvalue weighted by Gasteiger charge is 2.32. The molecule has 0 radical (unpaired) electrons. The fourth-order valence-electron chi connectivity index (χ4n) is 3.14. The van der Waals surface area contributed by atoms with Crippen molar-refractivity contribution in [3.05, 3.63) is 46.3 Å². The van der Waals surface area contributed by atoms with E-state index in [0.717, 1.165) is 0 Å². The first-order valence-electron chi connectivity index (χ1n) is 8.50. The molecule has 0 saturated heterocycles. The number of nitrogens with one attached hydrogen (secondary N) is 2. The molecule has 1 aliphatic rings. The molecule has 2 aromatic rings. The van der Waals surface area contributed by atoms with Crippen molar-refractivity contribution in [1.29, 1.82) is 0 Å². The van der Waals surface area contributed by atoms with Crippen LogP contribution in [-0.4, -0.2) is 43.0 Å². The summed E-state index contributed by atoms with van der Waals surface area (Å²) in [5.74, 6) is 1.49. The van der Waals surface area contributed by atoms with E-state index in [-0.39, 0.29) is 23.7 Å². The molecule has 0 spiro atoms. The first kappa shape index (κ1) is 19.8. The number of benzene rings is 1. The normalized spacial score (nSPS) is 15.4. The van der Waals surface area contributed by atoms with Gasteiger partial charge in [-0.15, -0.1) is 6.58 Å². The monoisotopic (exact) mass is 403 g/mol. The van der Waals surface area contributed by atoms with E-state index >= 15 is 0 Å². The molecular weight excluding hydrogens is 382 g/mol. The lowest BCUT2D eigenvalue weighted by Crippen LogP contribution is -2.31. The summed E-state index contributed by atoms with van der Waals surface area (Å²) >= 11 is 1.33. The van der Waals surface area contributed by atoms with Crippen LogP contribution in [0.1, 0.15) is 23.5 Å². The van der Waals surface area contributed by atoms with Crippen LogP contribution in [0.4, 0.5) is 5.82 Å². The molecule has 1 amide bonds. The summed E-state index contributed by atoms with van der Waals surface area (Å²) in [6.07, 6.45) is 1.82. The SMILES string of the molecule is C=CCSc1nc2c(c(=O)[nH]1)C(c1cc(OC)c(OC)c(OC)c1)CC(=O)N2. The first-order chi connectivity index (χ1) is 13.5. The van der Waals surface area contributed by atoms with Crippen LogP contribution in [0.25, 0.3) is 0 Å². The third-order valence-corrected chi connectivity index (χ3v) is 5.23. The van der Waals surface area contributed by atoms with E-state index in [1.54, 1.807) is 18.2 Å². The number of thioether (sulfide) groups is 1. The number of carbonyl (C=O) groups is 1. The zero-order valence-electron chi connectivity index (χ0n) is 15.8. The van der Waals surface area contributed by atoms with E-state index in [1.165, 1.54) is 33.1 Å². The highest BCUT2D eigenvalue weighted by Crippen LogP contribution is 2.43. The van der Waals surface area contributed by atoms with Crippen LogP contribution >= 0.6 is 11.8 Å². The number of H-pyrrole nitrogens is 1. The quantitative estimate of drug-likeness (QED) is 0.416. The summed E-state index contributed by atoms with van der Waals surface area (Å²) in [5, 5.41) is 3.13. The van der Waals surface area contributed by atoms with E-state index in [4.69, 9.17) is 14.2 Å². The van der Waals surface area contributed by atoms with Gasteiger partial charge in [-0.2, -0.15) is 0 Å². The lowest BCUT2D eigenvalue weighted by atomic mass is 9.86. The number of ether oxygens (including phenoxy) is 3. The highest BCUT2D eigenvalue weighted by atomic mass is 32.2. The molecule has 0 saturated carbocycles. The number of hydrogen-bond acceptors (Lipinski definition) is 7. The second kappa shape index (κ2) is 8.39. The predicted molar refractivity (Wildman–Crippen MR) is 107 cm³/mol. The zero-order chi connectivity index (χ0) is 20.3. The number of hydrogen-bond donors (Lipinski definition) is 2. The van der Waals surface area contributed by atoms with Gasteiger partial charge in [0.15, 0.2) is 16.7 Å². The molecule has 0 fully saturated rings. The Morgan fingerprint density at radius 3 is 2.46 bits per heavy atom. The Morgan fingerprint density at radius 2 is 1.89 bits per heavy atom. The molecular formula is C19H21N3O5S. The van der Waals surface area contributed by atoms with Gasteiger partial charge in [0.05, 0.1) is 26.9 Å².